The molecule has 0 saturated heterocycles. The van der Waals surface area contributed by atoms with Crippen LogP contribution in [0.1, 0.15) is 13.8 Å². The van der Waals surface area contributed by atoms with E-state index in [1.54, 1.807) is 6.20 Å². The zero-order valence-corrected chi connectivity index (χ0v) is 12.7. The third-order valence-electron chi connectivity index (χ3n) is 3.26. The molecular weight excluding hydrogens is 272 g/mol. The smallest absolute Gasteiger partial charge is 0.120 e. The van der Waals surface area contributed by atoms with Crippen molar-refractivity contribution in [1.82, 2.24) is 10.2 Å². The minimum atomic E-state index is 0.158. The Balaban J connectivity index is 1.96. The number of benzene rings is 2. The van der Waals surface area contributed by atoms with E-state index < -0.39 is 0 Å². The van der Waals surface area contributed by atoms with Crippen LogP contribution in [0.3, 0.4) is 0 Å². The summed E-state index contributed by atoms with van der Waals surface area (Å²) in [5.41, 5.74) is 4.04. The van der Waals surface area contributed by atoms with Crippen LogP contribution in [0.4, 0.5) is 0 Å². The minimum absolute atomic E-state index is 0.158. The van der Waals surface area contributed by atoms with Crippen molar-refractivity contribution in [3.05, 3.63) is 66.9 Å². The van der Waals surface area contributed by atoms with Crippen molar-refractivity contribution in [3.8, 4) is 28.1 Å². The molecule has 2 aromatic carbocycles. The van der Waals surface area contributed by atoms with Crippen molar-refractivity contribution < 1.29 is 4.74 Å². The molecule has 110 valence electrons. The van der Waals surface area contributed by atoms with E-state index in [0.717, 1.165) is 28.1 Å². The molecule has 0 bridgehead atoms. The molecule has 3 heteroatoms. The summed E-state index contributed by atoms with van der Waals surface area (Å²) >= 11 is 0. The SMILES string of the molecule is CC(C)Oc1cccc(-c2cnnc(-c3ccccc3)c2)c1. The zero-order valence-electron chi connectivity index (χ0n) is 12.7. The molecule has 3 nitrogen and oxygen atoms in total. The van der Waals surface area contributed by atoms with Gasteiger partial charge in [0.25, 0.3) is 0 Å². The van der Waals surface area contributed by atoms with Crippen LogP contribution in [0.15, 0.2) is 66.9 Å². The topological polar surface area (TPSA) is 35.0 Å². The van der Waals surface area contributed by atoms with E-state index in [1.807, 2.05) is 62.4 Å². The molecule has 0 amide bonds. The maximum Gasteiger partial charge on any atom is 0.120 e. The number of nitrogens with zero attached hydrogens (tertiary/aromatic N) is 2. The largest absolute Gasteiger partial charge is 0.491 e. The Morgan fingerprint density at radius 2 is 1.59 bits per heavy atom. The summed E-state index contributed by atoms with van der Waals surface area (Å²) in [5, 5.41) is 8.36. The van der Waals surface area contributed by atoms with E-state index in [1.165, 1.54) is 0 Å². The Morgan fingerprint density at radius 3 is 2.36 bits per heavy atom. The van der Waals surface area contributed by atoms with Crippen molar-refractivity contribution in [2.24, 2.45) is 0 Å². The van der Waals surface area contributed by atoms with Gasteiger partial charge in [0, 0.05) is 11.1 Å². The highest BCUT2D eigenvalue weighted by Crippen LogP contribution is 2.26. The number of hydrogen-bond acceptors (Lipinski definition) is 3. The Bertz CT molecular complexity index is 754. The van der Waals surface area contributed by atoms with Crippen molar-refractivity contribution in [2.45, 2.75) is 20.0 Å². The molecule has 0 saturated carbocycles. The summed E-state index contributed by atoms with van der Waals surface area (Å²) in [6, 6.07) is 20.2. The minimum Gasteiger partial charge on any atom is -0.491 e. The molecule has 1 aromatic heterocycles. The van der Waals surface area contributed by atoms with Gasteiger partial charge in [0.1, 0.15) is 5.75 Å². The third kappa shape index (κ3) is 3.31. The van der Waals surface area contributed by atoms with Gasteiger partial charge in [-0.25, -0.2) is 0 Å². The van der Waals surface area contributed by atoms with Crippen molar-refractivity contribution in [1.29, 1.82) is 0 Å². The van der Waals surface area contributed by atoms with Crippen molar-refractivity contribution in [3.63, 3.8) is 0 Å². The molecule has 3 aromatic rings. The molecule has 0 aliphatic carbocycles. The van der Waals surface area contributed by atoms with Gasteiger partial charge in [0.2, 0.25) is 0 Å². The van der Waals surface area contributed by atoms with Crippen LogP contribution in [0.2, 0.25) is 0 Å². The normalized spacial score (nSPS) is 10.7. The van der Waals surface area contributed by atoms with Gasteiger partial charge in [-0.2, -0.15) is 10.2 Å². The lowest BCUT2D eigenvalue weighted by Gasteiger charge is -2.11. The molecule has 0 fully saturated rings. The average Bonchev–Trinajstić information content (AvgIpc) is 2.55. The first-order chi connectivity index (χ1) is 10.7. The number of hydrogen-bond donors (Lipinski definition) is 0. The number of rotatable bonds is 4. The van der Waals surface area contributed by atoms with Gasteiger partial charge in [0.15, 0.2) is 0 Å². The first-order valence-electron chi connectivity index (χ1n) is 7.37. The van der Waals surface area contributed by atoms with Crippen LogP contribution >= 0.6 is 0 Å². The zero-order chi connectivity index (χ0) is 15.4. The molecule has 0 aliphatic heterocycles. The summed E-state index contributed by atoms with van der Waals surface area (Å²) in [6.45, 7) is 4.04. The fourth-order valence-corrected chi connectivity index (χ4v) is 2.30. The first kappa shape index (κ1) is 14.3. The van der Waals surface area contributed by atoms with Crippen LogP contribution in [0.5, 0.6) is 5.75 Å². The number of aromatic nitrogens is 2. The fraction of sp³-hybridized carbons (Fsp3) is 0.158. The summed E-state index contributed by atoms with van der Waals surface area (Å²) in [7, 11) is 0. The van der Waals surface area contributed by atoms with Crippen molar-refractivity contribution >= 4 is 0 Å². The summed E-state index contributed by atoms with van der Waals surface area (Å²) in [5.74, 6) is 0.866. The Kier molecular flexibility index (Phi) is 4.15. The predicted molar refractivity (Wildman–Crippen MR) is 88.7 cm³/mol. The summed E-state index contributed by atoms with van der Waals surface area (Å²) < 4.78 is 5.76. The molecule has 0 aliphatic rings. The van der Waals surface area contributed by atoms with E-state index in [9.17, 15) is 0 Å². The monoisotopic (exact) mass is 290 g/mol. The molecule has 0 unspecified atom stereocenters. The Labute approximate surface area is 130 Å². The fourth-order valence-electron chi connectivity index (χ4n) is 2.30. The molecule has 0 spiro atoms. The van der Waals surface area contributed by atoms with Gasteiger partial charge in [-0.05, 0) is 37.6 Å². The maximum absolute atomic E-state index is 5.76. The van der Waals surface area contributed by atoms with Gasteiger partial charge in [-0.1, -0.05) is 42.5 Å². The van der Waals surface area contributed by atoms with E-state index in [4.69, 9.17) is 4.74 Å². The van der Waals surface area contributed by atoms with Crippen LogP contribution in [-0.2, 0) is 0 Å². The lowest BCUT2D eigenvalue weighted by Crippen LogP contribution is -2.05. The van der Waals surface area contributed by atoms with Gasteiger partial charge in [-0.15, -0.1) is 0 Å². The molecule has 0 N–H and O–H groups in total. The van der Waals surface area contributed by atoms with E-state index in [0.29, 0.717) is 0 Å². The second-order valence-corrected chi connectivity index (χ2v) is 5.39. The molecular formula is C19H18N2O. The molecule has 0 atom stereocenters. The standard InChI is InChI=1S/C19H18N2O/c1-14(2)22-18-10-6-9-16(11-18)17-12-19(21-20-13-17)15-7-4-3-5-8-15/h3-14H,1-2H3. The highest BCUT2D eigenvalue weighted by Gasteiger charge is 2.05. The van der Waals surface area contributed by atoms with E-state index in [-0.39, 0.29) is 6.10 Å². The van der Waals surface area contributed by atoms with Gasteiger partial charge in [0.05, 0.1) is 18.0 Å². The molecule has 3 rings (SSSR count). The van der Waals surface area contributed by atoms with E-state index >= 15 is 0 Å². The predicted octanol–water partition coefficient (Wildman–Crippen LogP) is 4.60. The maximum atomic E-state index is 5.76. The van der Waals surface area contributed by atoms with E-state index in [2.05, 4.69) is 22.3 Å². The van der Waals surface area contributed by atoms with Crippen LogP contribution in [0, 0.1) is 0 Å². The highest BCUT2D eigenvalue weighted by molar-refractivity contribution is 5.70. The van der Waals surface area contributed by atoms with Crippen LogP contribution in [-0.4, -0.2) is 16.3 Å². The third-order valence-corrected chi connectivity index (χ3v) is 3.26. The van der Waals surface area contributed by atoms with Crippen LogP contribution < -0.4 is 4.74 Å². The lowest BCUT2D eigenvalue weighted by atomic mass is 10.0. The highest BCUT2D eigenvalue weighted by atomic mass is 16.5. The second-order valence-electron chi connectivity index (χ2n) is 5.39. The average molecular weight is 290 g/mol. The lowest BCUT2D eigenvalue weighted by molar-refractivity contribution is 0.242. The second kappa shape index (κ2) is 6.39. The Morgan fingerprint density at radius 1 is 0.818 bits per heavy atom. The van der Waals surface area contributed by atoms with Crippen molar-refractivity contribution in [2.75, 3.05) is 0 Å². The summed E-state index contributed by atoms with van der Waals surface area (Å²) in [6.07, 6.45) is 1.94. The van der Waals surface area contributed by atoms with Gasteiger partial charge >= 0.3 is 0 Å². The summed E-state index contributed by atoms with van der Waals surface area (Å²) in [4.78, 5) is 0. The molecule has 1 heterocycles. The number of ether oxygens (including phenoxy) is 1. The Hall–Kier alpha value is -2.68. The quantitative estimate of drug-likeness (QED) is 0.704. The first-order valence-corrected chi connectivity index (χ1v) is 7.37. The van der Waals surface area contributed by atoms with Gasteiger partial charge in [-0.3, -0.25) is 0 Å². The van der Waals surface area contributed by atoms with Crippen LogP contribution in [0.25, 0.3) is 22.4 Å². The molecule has 0 radical (unpaired) electrons. The van der Waals surface area contributed by atoms with Gasteiger partial charge < -0.3 is 4.74 Å². The molecule has 22 heavy (non-hydrogen) atoms.